The fourth-order valence-corrected chi connectivity index (χ4v) is 4.73. The van der Waals surface area contributed by atoms with Crippen molar-refractivity contribution in [3.8, 4) is 0 Å². The van der Waals surface area contributed by atoms with E-state index >= 15 is 0 Å². The Morgan fingerprint density at radius 1 is 0.761 bits per heavy atom. The Morgan fingerprint density at radius 3 is 1.87 bits per heavy atom. The van der Waals surface area contributed by atoms with Gasteiger partial charge >= 0.3 is 12.1 Å². The number of esters is 1. The van der Waals surface area contributed by atoms with E-state index in [2.05, 4.69) is 21.3 Å². The Bertz CT molecular complexity index is 1270. The number of methoxy groups -OCH3 is 1. The molecule has 12 heteroatoms. The van der Waals surface area contributed by atoms with Crippen LogP contribution in [0, 0.1) is 17.8 Å². The van der Waals surface area contributed by atoms with Crippen LogP contribution in [0.2, 0.25) is 0 Å². The van der Waals surface area contributed by atoms with Crippen molar-refractivity contribution in [2.45, 2.75) is 71.9 Å². The van der Waals surface area contributed by atoms with Gasteiger partial charge in [0.05, 0.1) is 31.7 Å². The molecule has 5 atom stereocenters. The number of aliphatic hydroxyl groups excluding tert-OH is 1. The van der Waals surface area contributed by atoms with E-state index in [0.29, 0.717) is 0 Å². The zero-order valence-corrected chi connectivity index (χ0v) is 27.4. The summed E-state index contributed by atoms with van der Waals surface area (Å²) in [5, 5.41) is 21.8. The zero-order valence-electron chi connectivity index (χ0n) is 27.4. The number of hydrogen-bond donors (Lipinski definition) is 5. The fourth-order valence-electron chi connectivity index (χ4n) is 4.73. The molecular weight excluding hydrogens is 592 g/mol. The normalized spacial score (nSPS) is 14.4. The van der Waals surface area contributed by atoms with Crippen molar-refractivity contribution in [2.75, 3.05) is 20.2 Å². The van der Waals surface area contributed by atoms with Crippen molar-refractivity contribution >= 4 is 29.7 Å². The van der Waals surface area contributed by atoms with Gasteiger partial charge in [0.2, 0.25) is 11.8 Å². The number of Topliss-reactive ketones (excluding diaryl/α,β-unsaturated/α-hetero) is 1. The van der Waals surface area contributed by atoms with Crippen LogP contribution in [0.25, 0.3) is 0 Å². The molecule has 0 aliphatic carbocycles. The maximum absolute atomic E-state index is 13.5. The molecule has 2 aromatic carbocycles. The number of rotatable bonds is 18. The van der Waals surface area contributed by atoms with Crippen LogP contribution in [0.4, 0.5) is 4.79 Å². The smallest absolute Gasteiger partial charge is 0.408 e. The summed E-state index contributed by atoms with van der Waals surface area (Å²) in [6.07, 6.45) is -1.77. The number of hydrogen-bond acceptors (Lipinski definition) is 9. The fraction of sp³-hybridized carbons (Fsp3) is 0.500. The number of carbonyl (C=O) groups is 5. The number of carbonyl (C=O) groups excluding carboxylic acids is 5. The summed E-state index contributed by atoms with van der Waals surface area (Å²) in [6, 6.07) is 15.5. The van der Waals surface area contributed by atoms with Gasteiger partial charge in [-0.15, -0.1) is 0 Å². The van der Waals surface area contributed by atoms with Crippen molar-refractivity contribution in [1.82, 2.24) is 21.3 Å². The first-order valence-electron chi connectivity index (χ1n) is 15.4. The average Bonchev–Trinajstić information content (AvgIpc) is 3.03. The minimum Gasteiger partial charge on any atom is -0.467 e. The highest BCUT2D eigenvalue weighted by Crippen LogP contribution is 2.16. The van der Waals surface area contributed by atoms with E-state index in [9.17, 15) is 29.1 Å². The topological polar surface area (TPSA) is 172 Å². The number of alkyl carbamates (subject to hydrolysis) is 1. The first-order valence-corrected chi connectivity index (χ1v) is 15.4. The van der Waals surface area contributed by atoms with Gasteiger partial charge in [-0.05, 0) is 36.3 Å². The maximum Gasteiger partial charge on any atom is 0.408 e. The van der Waals surface area contributed by atoms with Crippen molar-refractivity contribution in [2.24, 2.45) is 17.8 Å². The largest absolute Gasteiger partial charge is 0.467 e. The lowest BCUT2D eigenvalue weighted by molar-refractivity contribution is -0.146. The summed E-state index contributed by atoms with van der Waals surface area (Å²) in [6.45, 7) is 8.27. The molecule has 2 rings (SSSR count). The second-order valence-electron chi connectivity index (χ2n) is 11.9. The molecule has 46 heavy (non-hydrogen) atoms. The molecule has 5 unspecified atom stereocenters. The van der Waals surface area contributed by atoms with Gasteiger partial charge in [-0.1, -0.05) is 88.4 Å². The Kier molecular flexibility index (Phi) is 15.9. The molecule has 0 bridgehead atoms. The Balaban J connectivity index is 2.00. The quantitative estimate of drug-likeness (QED) is 0.153. The second-order valence-corrected chi connectivity index (χ2v) is 11.9. The Labute approximate surface area is 271 Å². The van der Waals surface area contributed by atoms with Crippen LogP contribution in [-0.2, 0) is 41.7 Å². The predicted molar refractivity (Wildman–Crippen MR) is 172 cm³/mol. The molecule has 12 nitrogen and oxygen atoms in total. The number of nitrogens with one attached hydrogen (secondary N) is 4. The van der Waals surface area contributed by atoms with Gasteiger partial charge in [-0.25, -0.2) is 9.59 Å². The molecule has 0 aliphatic rings. The van der Waals surface area contributed by atoms with Gasteiger partial charge in [0.25, 0.3) is 0 Å². The second kappa shape index (κ2) is 19.3. The number of benzene rings is 2. The van der Waals surface area contributed by atoms with Gasteiger partial charge in [0, 0.05) is 6.54 Å². The molecule has 5 N–H and O–H groups in total. The minimum atomic E-state index is -1.21. The zero-order chi connectivity index (χ0) is 34.2. The van der Waals surface area contributed by atoms with Gasteiger partial charge in [-0.3, -0.25) is 14.4 Å². The third-order valence-corrected chi connectivity index (χ3v) is 7.43. The SMILES string of the molecule is COC(=O)C(NC(=O)C(NC(=O)CNCC(O)C(Cc1ccccc1)C(=O)C(C)NC(=O)OCc1ccccc1)C(C)C)C(C)C. The highest BCUT2D eigenvalue weighted by atomic mass is 16.5. The summed E-state index contributed by atoms with van der Waals surface area (Å²) in [5.41, 5.74) is 1.61. The summed E-state index contributed by atoms with van der Waals surface area (Å²) >= 11 is 0. The summed E-state index contributed by atoms with van der Waals surface area (Å²) < 4.78 is 10.0. The van der Waals surface area contributed by atoms with Crippen LogP contribution in [0.3, 0.4) is 0 Å². The molecule has 0 spiro atoms. The minimum absolute atomic E-state index is 0.0402. The lowest BCUT2D eigenvalue weighted by atomic mass is 9.87. The van der Waals surface area contributed by atoms with E-state index < -0.39 is 59.8 Å². The van der Waals surface area contributed by atoms with E-state index in [1.807, 2.05) is 60.7 Å². The summed E-state index contributed by atoms with van der Waals surface area (Å²) in [4.78, 5) is 63.7. The van der Waals surface area contributed by atoms with E-state index in [1.54, 1.807) is 27.7 Å². The Hall–Kier alpha value is -4.29. The van der Waals surface area contributed by atoms with Gasteiger partial charge in [-0.2, -0.15) is 0 Å². The highest BCUT2D eigenvalue weighted by molar-refractivity contribution is 5.91. The molecule has 0 aliphatic heterocycles. The molecule has 3 amide bonds. The van der Waals surface area contributed by atoms with Crippen molar-refractivity contribution in [3.05, 3.63) is 71.8 Å². The van der Waals surface area contributed by atoms with Crippen LogP contribution in [0.15, 0.2) is 60.7 Å². The monoisotopic (exact) mass is 640 g/mol. The molecular formula is C34H48N4O8. The number of amides is 3. The van der Waals surface area contributed by atoms with Gasteiger partial charge < -0.3 is 35.8 Å². The number of aliphatic hydroxyl groups is 1. The van der Waals surface area contributed by atoms with Gasteiger partial charge in [0.1, 0.15) is 18.7 Å². The van der Waals surface area contributed by atoms with E-state index in [-0.39, 0.29) is 38.0 Å². The average molecular weight is 641 g/mol. The van der Waals surface area contributed by atoms with Gasteiger partial charge in [0.15, 0.2) is 5.78 Å². The molecule has 0 saturated heterocycles. The first kappa shape index (κ1) is 37.9. The van der Waals surface area contributed by atoms with E-state index in [0.717, 1.165) is 11.1 Å². The third-order valence-electron chi connectivity index (χ3n) is 7.43. The van der Waals surface area contributed by atoms with Crippen LogP contribution >= 0.6 is 0 Å². The first-order chi connectivity index (χ1) is 21.8. The summed E-state index contributed by atoms with van der Waals surface area (Å²) in [5.74, 6) is -3.45. The lowest BCUT2D eigenvalue weighted by Crippen LogP contribution is -2.56. The van der Waals surface area contributed by atoms with Crippen LogP contribution in [0.1, 0.15) is 45.7 Å². The van der Waals surface area contributed by atoms with E-state index in [1.165, 1.54) is 14.0 Å². The highest BCUT2D eigenvalue weighted by Gasteiger charge is 2.33. The van der Waals surface area contributed by atoms with Crippen LogP contribution in [0.5, 0.6) is 0 Å². The standard InChI is InChI=1S/C34H48N4O8/c1-21(2)29(32(42)38-30(22(3)4)33(43)45-6)37-28(40)19-35-18-27(39)26(17-24-13-9-7-10-14-24)31(41)23(5)36-34(44)46-20-25-15-11-8-12-16-25/h7-16,21-23,26-27,29-30,35,39H,17-20H2,1-6H3,(H,36,44)(H,37,40)(H,38,42). The van der Waals surface area contributed by atoms with Crippen LogP contribution < -0.4 is 21.3 Å². The van der Waals surface area contributed by atoms with Crippen molar-refractivity contribution < 1.29 is 38.6 Å². The van der Waals surface area contributed by atoms with Crippen LogP contribution in [-0.4, -0.2) is 79.2 Å². The Morgan fingerprint density at radius 2 is 1.33 bits per heavy atom. The molecule has 0 radical (unpaired) electrons. The number of ketones is 1. The predicted octanol–water partition coefficient (Wildman–Crippen LogP) is 2.13. The molecule has 0 heterocycles. The van der Waals surface area contributed by atoms with Crippen molar-refractivity contribution in [3.63, 3.8) is 0 Å². The summed E-state index contributed by atoms with van der Waals surface area (Å²) in [7, 11) is 1.24. The van der Waals surface area contributed by atoms with E-state index in [4.69, 9.17) is 9.47 Å². The lowest BCUT2D eigenvalue weighted by Gasteiger charge is -2.27. The molecule has 252 valence electrons. The third kappa shape index (κ3) is 12.6. The molecule has 2 aromatic rings. The molecule has 0 aromatic heterocycles. The van der Waals surface area contributed by atoms with Crippen molar-refractivity contribution in [1.29, 1.82) is 0 Å². The number of ether oxygens (including phenoxy) is 2. The molecule has 0 saturated carbocycles. The maximum atomic E-state index is 13.5. The molecule has 0 fully saturated rings.